The minimum absolute atomic E-state index is 0.0489. The largest absolute Gasteiger partial charge is 0.497 e. The number of benzene rings is 3. The highest BCUT2D eigenvalue weighted by atomic mass is 32.2. The zero-order chi connectivity index (χ0) is 19.8. The maximum Gasteiger partial charge on any atom is 0.195 e. The molecule has 5 heteroatoms. The molecule has 144 valence electrons. The van der Waals surface area contributed by atoms with Crippen molar-refractivity contribution in [3.8, 4) is 11.5 Å². The van der Waals surface area contributed by atoms with Gasteiger partial charge in [0.1, 0.15) is 11.5 Å². The Balaban J connectivity index is 1.71. The number of hydrogen-bond acceptors (Lipinski definition) is 5. The zero-order valence-corrected chi connectivity index (χ0v) is 17.5. The van der Waals surface area contributed by atoms with Gasteiger partial charge in [-0.2, -0.15) is 0 Å². The van der Waals surface area contributed by atoms with Crippen LogP contribution in [0.1, 0.15) is 17.2 Å². The van der Waals surface area contributed by atoms with Gasteiger partial charge >= 0.3 is 0 Å². The van der Waals surface area contributed by atoms with E-state index in [4.69, 9.17) is 9.47 Å². The van der Waals surface area contributed by atoms with Gasteiger partial charge in [-0.1, -0.05) is 42.1 Å². The van der Waals surface area contributed by atoms with Crippen molar-refractivity contribution in [3.63, 3.8) is 0 Å². The van der Waals surface area contributed by atoms with Gasteiger partial charge in [-0.15, -0.1) is 11.8 Å². The summed E-state index contributed by atoms with van der Waals surface area (Å²) in [6, 6.07) is 25.7. The van der Waals surface area contributed by atoms with Crippen molar-refractivity contribution in [2.24, 2.45) is 0 Å². The van der Waals surface area contributed by atoms with Gasteiger partial charge in [-0.3, -0.25) is 4.79 Å². The summed E-state index contributed by atoms with van der Waals surface area (Å²) in [4.78, 5) is 14.8. The summed E-state index contributed by atoms with van der Waals surface area (Å²) < 4.78 is 10.4. The fraction of sp³-hybridized carbons (Fsp3) is 0.174. The lowest BCUT2D eigenvalue weighted by Gasteiger charge is -2.16. The second-order valence-electron chi connectivity index (χ2n) is 6.05. The number of carbonyl (C=O) groups excluding carboxylic acids is 1. The Morgan fingerprint density at radius 3 is 1.86 bits per heavy atom. The summed E-state index contributed by atoms with van der Waals surface area (Å²) in [6.45, 7) is 0. The summed E-state index contributed by atoms with van der Waals surface area (Å²) in [5.41, 5.74) is 1.15. The van der Waals surface area contributed by atoms with Gasteiger partial charge < -0.3 is 9.47 Å². The highest BCUT2D eigenvalue weighted by Gasteiger charge is 2.18. The Hall–Kier alpha value is -2.37. The van der Waals surface area contributed by atoms with E-state index in [1.807, 2.05) is 66.7 Å². The summed E-state index contributed by atoms with van der Waals surface area (Å²) >= 11 is 2.97. The lowest BCUT2D eigenvalue weighted by molar-refractivity contribution is -0.111. The predicted molar refractivity (Wildman–Crippen MR) is 117 cm³/mol. The van der Waals surface area contributed by atoms with Gasteiger partial charge in [-0.25, -0.2) is 0 Å². The molecule has 0 saturated carbocycles. The third-order valence-electron chi connectivity index (χ3n) is 4.15. The van der Waals surface area contributed by atoms with E-state index in [0.717, 1.165) is 26.9 Å². The Bertz CT molecular complexity index is 878. The van der Waals surface area contributed by atoms with Gasteiger partial charge in [0.15, 0.2) is 5.12 Å². The van der Waals surface area contributed by atoms with Crippen LogP contribution in [-0.4, -0.2) is 19.3 Å². The molecule has 0 saturated heterocycles. The molecule has 0 aromatic heterocycles. The molecule has 28 heavy (non-hydrogen) atoms. The first-order valence-corrected chi connectivity index (χ1v) is 10.6. The van der Waals surface area contributed by atoms with Crippen molar-refractivity contribution in [2.45, 2.75) is 21.5 Å². The van der Waals surface area contributed by atoms with Crippen molar-refractivity contribution < 1.29 is 14.3 Å². The average molecular weight is 411 g/mol. The van der Waals surface area contributed by atoms with Crippen LogP contribution in [0.15, 0.2) is 88.7 Å². The van der Waals surface area contributed by atoms with E-state index in [9.17, 15) is 4.79 Å². The SMILES string of the molecule is COc1ccc(SC(=O)CC(Sc2ccc(OC)cc2)c2ccccc2)cc1. The molecule has 0 heterocycles. The molecule has 3 aromatic carbocycles. The molecule has 0 spiro atoms. The summed E-state index contributed by atoms with van der Waals surface area (Å²) in [6.07, 6.45) is 0.442. The van der Waals surface area contributed by atoms with Crippen LogP contribution in [0.25, 0.3) is 0 Å². The molecule has 0 amide bonds. The topological polar surface area (TPSA) is 35.5 Å². The predicted octanol–water partition coefficient (Wildman–Crippen LogP) is 6.25. The molecule has 0 aliphatic heterocycles. The molecule has 0 aliphatic rings. The van der Waals surface area contributed by atoms with Crippen molar-refractivity contribution in [3.05, 3.63) is 84.4 Å². The van der Waals surface area contributed by atoms with Crippen LogP contribution in [0.2, 0.25) is 0 Å². The number of ether oxygens (including phenoxy) is 2. The molecule has 1 unspecified atom stereocenters. The lowest BCUT2D eigenvalue weighted by Crippen LogP contribution is -2.01. The Morgan fingerprint density at radius 2 is 1.32 bits per heavy atom. The molecule has 0 aliphatic carbocycles. The molecule has 3 rings (SSSR count). The van der Waals surface area contributed by atoms with E-state index < -0.39 is 0 Å². The van der Waals surface area contributed by atoms with Gasteiger partial charge in [0.2, 0.25) is 0 Å². The second kappa shape index (κ2) is 10.2. The summed E-state index contributed by atoms with van der Waals surface area (Å²) in [5, 5.41) is 0.188. The van der Waals surface area contributed by atoms with Gasteiger partial charge in [0, 0.05) is 21.5 Å². The molecular formula is C23H22O3S2. The van der Waals surface area contributed by atoms with Crippen LogP contribution in [0.5, 0.6) is 11.5 Å². The number of hydrogen-bond donors (Lipinski definition) is 0. The van der Waals surface area contributed by atoms with Crippen LogP contribution in [0.3, 0.4) is 0 Å². The lowest BCUT2D eigenvalue weighted by atomic mass is 10.1. The van der Waals surface area contributed by atoms with Crippen LogP contribution < -0.4 is 9.47 Å². The second-order valence-corrected chi connectivity index (χ2v) is 8.45. The number of carbonyl (C=O) groups is 1. The first-order chi connectivity index (χ1) is 13.7. The van der Waals surface area contributed by atoms with Crippen LogP contribution in [0, 0.1) is 0 Å². The first kappa shape index (κ1) is 20.4. The zero-order valence-electron chi connectivity index (χ0n) is 15.8. The van der Waals surface area contributed by atoms with E-state index in [-0.39, 0.29) is 10.4 Å². The van der Waals surface area contributed by atoms with E-state index in [2.05, 4.69) is 12.1 Å². The monoisotopic (exact) mass is 410 g/mol. The molecule has 0 fully saturated rings. The highest BCUT2D eigenvalue weighted by molar-refractivity contribution is 8.13. The number of thioether (sulfide) groups is 2. The highest BCUT2D eigenvalue weighted by Crippen LogP contribution is 2.40. The molecule has 0 N–H and O–H groups in total. The standard InChI is InChI=1S/C23H22O3S2/c1-25-18-8-12-20(13-9-18)27-22(17-6-4-3-5-7-17)16-23(24)28-21-14-10-19(26-2)11-15-21/h3-15,22H,16H2,1-2H3. The van der Waals surface area contributed by atoms with Crippen LogP contribution in [-0.2, 0) is 4.79 Å². The molecule has 0 radical (unpaired) electrons. The molecule has 1 atom stereocenters. The maximum atomic E-state index is 12.7. The third-order valence-corrected chi connectivity index (χ3v) is 6.32. The maximum absolute atomic E-state index is 12.7. The molecule has 3 aromatic rings. The first-order valence-electron chi connectivity index (χ1n) is 8.88. The Labute approximate surface area is 174 Å². The fourth-order valence-electron chi connectivity index (χ4n) is 2.68. The van der Waals surface area contributed by atoms with Crippen LogP contribution >= 0.6 is 23.5 Å². The summed E-state index contributed by atoms with van der Waals surface area (Å²) in [7, 11) is 3.29. The number of rotatable bonds is 8. The average Bonchev–Trinajstić information content (AvgIpc) is 2.75. The van der Waals surface area contributed by atoms with Crippen molar-refractivity contribution in [2.75, 3.05) is 14.2 Å². The third kappa shape index (κ3) is 5.81. The van der Waals surface area contributed by atoms with Gasteiger partial charge in [0.05, 0.1) is 14.2 Å². The van der Waals surface area contributed by atoms with Gasteiger partial charge in [-0.05, 0) is 54.1 Å². The molecule has 0 bridgehead atoms. The Morgan fingerprint density at radius 1 is 0.786 bits per heavy atom. The Kier molecular flexibility index (Phi) is 7.46. The molecular weight excluding hydrogens is 388 g/mol. The number of methoxy groups -OCH3 is 2. The van der Waals surface area contributed by atoms with Gasteiger partial charge in [0.25, 0.3) is 0 Å². The van der Waals surface area contributed by atoms with Crippen molar-refractivity contribution >= 4 is 28.6 Å². The quantitative estimate of drug-likeness (QED) is 0.410. The van der Waals surface area contributed by atoms with E-state index in [0.29, 0.717) is 6.42 Å². The normalized spacial score (nSPS) is 11.6. The van der Waals surface area contributed by atoms with Crippen molar-refractivity contribution in [1.29, 1.82) is 0 Å². The van der Waals surface area contributed by atoms with Crippen molar-refractivity contribution in [1.82, 2.24) is 0 Å². The minimum atomic E-state index is 0.0489. The smallest absolute Gasteiger partial charge is 0.195 e. The minimum Gasteiger partial charge on any atom is -0.497 e. The van der Waals surface area contributed by atoms with E-state index in [1.165, 1.54) is 11.8 Å². The fourth-order valence-corrected chi connectivity index (χ4v) is 4.72. The van der Waals surface area contributed by atoms with E-state index in [1.54, 1.807) is 26.0 Å². The van der Waals surface area contributed by atoms with E-state index >= 15 is 0 Å². The molecule has 3 nitrogen and oxygen atoms in total. The summed E-state index contributed by atoms with van der Waals surface area (Å²) in [5.74, 6) is 1.61. The van der Waals surface area contributed by atoms with Crippen LogP contribution in [0.4, 0.5) is 0 Å².